The Labute approximate surface area is 129 Å². The summed E-state index contributed by atoms with van der Waals surface area (Å²) in [6.45, 7) is 5.86. The summed E-state index contributed by atoms with van der Waals surface area (Å²) in [5, 5.41) is 13.9. The first kappa shape index (κ1) is 15.6. The van der Waals surface area contributed by atoms with Crippen LogP contribution in [-0.4, -0.2) is 35.3 Å². The Bertz CT molecular complexity index is 646. The van der Waals surface area contributed by atoms with Crippen LogP contribution in [0.1, 0.15) is 29.9 Å². The molecular weight excluding hydrogens is 280 g/mol. The summed E-state index contributed by atoms with van der Waals surface area (Å²) in [4.78, 5) is 16.6. The first-order valence-corrected chi connectivity index (χ1v) is 7.20. The molecule has 0 unspecified atom stereocenters. The molecule has 1 aromatic heterocycles. The van der Waals surface area contributed by atoms with Crippen LogP contribution in [0.3, 0.4) is 0 Å². The highest BCUT2D eigenvalue weighted by atomic mass is 16.3. The number of aromatic hydroxyl groups is 1. The van der Waals surface area contributed by atoms with Gasteiger partial charge in [-0.25, -0.2) is 5.43 Å². The zero-order chi connectivity index (χ0) is 15.9. The Morgan fingerprint density at radius 3 is 2.73 bits per heavy atom. The van der Waals surface area contributed by atoms with Crippen LogP contribution in [0.2, 0.25) is 0 Å². The summed E-state index contributed by atoms with van der Waals surface area (Å²) in [5.41, 5.74) is 4.33. The number of hydrogen-bond acceptors (Lipinski definition) is 4. The second-order valence-electron chi connectivity index (χ2n) is 4.70. The molecule has 3 N–H and O–H groups in total. The number of hydrogen-bond donors (Lipinski definition) is 3. The number of hydrazone groups is 1. The third kappa shape index (κ3) is 3.66. The number of nitrogens with one attached hydrogen (secondary N) is 2. The lowest BCUT2D eigenvalue weighted by atomic mass is 10.2. The van der Waals surface area contributed by atoms with Crippen molar-refractivity contribution in [3.8, 4) is 5.75 Å². The monoisotopic (exact) mass is 300 g/mol. The van der Waals surface area contributed by atoms with Crippen LogP contribution < -0.4 is 10.3 Å². The maximum Gasteiger partial charge on any atom is 0.287 e. The number of rotatable bonds is 6. The van der Waals surface area contributed by atoms with E-state index >= 15 is 0 Å². The molecule has 2 rings (SSSR count). The van der Waals surface area contributed by atoms with E-state index in [-0.39, 0.29) is 11.7 Å². The average Bonchev–Trinajstić information content (AvgIpc) is 3.05. The van der Waals surface area contributed by atoms with Crippen molar-refractivity contribution in [1.82, 2.24) is 10.4 Å². The number of phenols is 1. The first-order valence-electron chi connectivity index (χ1n) is 7.20. The predicted molar refractivity (Wildman–Crippen MR) is 87.5 cm³/mol. The molecular formula is C16H20N4O2. The molecule has 0 aliphatic carbocycles. The van der Waals surface area contributed by atoms with Gasteiger partial charge in [-0.2, -0.15) is 5.10 Å². The molecule has 6 heteroatoms. The van der Waals surface area contributed by atoms with Gasteiger partial charge in [0.05, 0.1) is 6.21 Å². The molecule has 1 aromatic carbocycles. The normalized spacial score (nSPS) is 10.8. The molecule has 22 heavy (non-hydrogen) atoms. The standard InChI is InChI=1S/C16H20N4O2/c1-3-20(4-2)13-8-7-12(15(21)10-13)11-18-19-16(22)14-6-5-9-17-14/h5-11,17,21H,3-4H2,1-2H3,(H,19,22)/b18-11+. The molecule has 116 valence electrons. The SMILES string of the molecule is CCN(CC)c1ccc(/C=N/NC(=O)c2ccc[nH]2)c(O)c1. The van der Waals surface area contributed by atoms with Crippen LogP contribution in [0.25, 0.3) is 0 Å². The molecule has 2 aromatic rings. The summed E-state index contributed by atoms with van der Waals surface area (Å²) in [7, 11) is 0. The van der Waals surface area contributed by atoms with Crippen LogP contribution >= 0.6 is 0 Å². The van der Waals surface area contributed by atoms with E-state index in [1.54, 1.807) is 30.5 Å². The lowest BCUT2D eigenvalue weighted by Gasteiger charge is -2.21. The third-order valence-electron chi connectivity index (χ3n) is 3.35. The van der Waals surface area contributed by atoms with Gasteiger partial charge in [0, 0.05) is 36.6 Å². The fourth-order valence-electron chi connectivity index (χ4n) is 2.12. The molecule has 0 bridgehead atoms. The first-order chi connectivity index (χ1) is 10.7. The van der Waals surface area contributed by atoms with Crippen molar-refractivity contribution in [1.29, 1.82) is 0 Å². The van der Waals surface area contributed by atoms with Crippen LogP contribution in [0.4, 0.5) is 5.69 Å². The highest BCUT2D eigenvalue weighted by Crippen LogP contribution is 2.23. The van der Waals surface area contributed by atoms with Crippen molar-refractivity contribution >= 4 is 17.8 Å². The maximum absolute atomic E-state index is 11.7. The van der Waals surface area contributed by atoms with Crippen molar-refractivity contribution in [3.05, 3.63) is 47.8 Å². The Morgan fingerprint density at radius 2 is 2.14 bits per heavy atom. The Balaban J connectivity index is 2.04. The number of benzene rings is 1. The smallest absolute Gasteiger partial charge is 0.287 e. The second kappa shape index (κ2) is 7.31. The Kier molecular flexibility index (Phi) is 5.19. The number of aromatic amines is 1. The predicted octanol–water partition coefficient (Wildman–Crippen LogP) is 2.33. The topological polar surface area (TPSA) is 80.7 Å². The average molecular weight is 300 g/mol. The molecule has 0 fully saturated rings. The van der Waals surface area contributed by atoms with Gasteiger partial charge < -0.3 is 15.0 Å². The van der Waals surface area contributed by atoms with Gasteiger partial charge in [0.2, 0.25) is 0 Å². The van der Waals surface area contributed by atoms with Crippen LogP contribution in [-0.2, 0) is 0 Å². The van der Waals surface area contributed by atoms with E-state index < -0.39 is 0 Å². The number of H-pyrrole nitrogens is 1. The number of phenolic OH excluding ortho intramolecular Hbond substituents is 1. The number of nitrogens with zero attached hydrogens (tertiary/aromatic N) is 2. The highest BCUT2D eigenvalue weighted by Gasteiger charge is 2.06. The molecule has 0 radical (unpaired) electrons. The van der Waals surface area contributed by atoms with E-state index in [0.717, 1.165) is 18.8 Å². The summed E-state index contributed by atoms with van der Waals surface area (Å²) >= 11 is 0. The number of carbonyl (C=O) groups excluding carboxylic acids is 1. The van der Waals surface area contributed by atoms with E-state index in [2.05, 4.69) is 34.3 Å². The Morgan fingerprint density at radius 1 is 1.36 bits per heavy atom. The van der Waals surface area contributed by atoms with Crippen molar-refractivity contribution in [3.63, 3.8) is 0 Å². The lowest BCUT2D eigenvalue weighted by molar-refractivity contribution is 0.0951. The van der Waals surface area contributed by atoms with Crippen molar-refractivity contribution in [2.45, 2.75) is 13.8 Å². The van der Waals surface area contributed by atoms with Crippen molar-refractivity contribution < 1.29 is 9.90 Å². The number of amides is 1. The maximum atomic E-state index is 11.7. The molecule has 1 amide bonds. The highest BCUT2D eigenvalue weighted by molar-refractivity contribution is 5.93. The van der Waals surface area contributed by atoms with Crippen molar-refractivity contribution in [2.75, 3.05) is 18.0 Å². The van der Waals surface area contributed by atoms with E-state index in [4.69, 9.17) is 0 Å². The van der Waals surface area contributed by atoms with E-state index in [9.17, 15) is 9.90 Å². The van der Waals surface area contributed by atoms with Gasteiger partial charge in [-0.05, 0) is 38.1 Å². The zero-order valence-corrected chi connectivity index (χ0v) is 12.7. The Hall–Kier alpha value is -2.76. The van der Waals surface area contributed by atoms with E-state index in [0.29, 0.717) is 11.3 Å². The lowest BCUT2D eigenvalue weighted by Crippen LogP contribution is -2.21. The minimum atomic E-state index is -0.333. The van der Waals surface area contributed by atoms with Gasteiger partial charge in [0.15, 0.2) is 0 Å². The molecule has 0 saturated heterocycles. The summed E-state index contributed by atoms with van der Waals surface area (Å²) in [6.07, 6.45) is 3.08. The van der Waals surface area contributed by atoms with E-state index in [1.807, 2.05) is 6.07 Å². The minimum Gasteiger partial charge on any atom is -0.507 e. The summed E-state index contributed by atoms with van der Waals surface area (Å²) in [5.74, 6) is -0.206. The van der Waals surface area contributed by atoms with Gasteiger partial charge in [-0.15, -0.1) is 0 Å². The third-order valence-corrected chi connectivity index (χ3v) is 3.35. The fourth-order valence-corrected chi connectivity index (χ4v) is 2.12. The molecule has 0 saturated carbocycles. The van der Waals surface area contributed by atoms with Gasteiger partial charge in [0.25, 0.3) is 5.91 Å². The molecule has 1 heterocycles. The number of aromatic nitrogens is 1. The number of anilines is 1. The molecule has 0 aliphatic rings. The largest absolute Gasteiger partial charge is 0.507 e. The molecule has 6 nitrogen and oxygen atoms in total. The molecule has 0 aliphatic heterocycles. The second-order valence-corrected chi connectivity index (χ2v) is 4.70. The van der Waals surface area contributed by atoms with Crippen LogP contribution in [0.5, 0.6) is 5.75 Å². The van der Waals surface area contributed by atoms with Crippen LogP contribution in [0, 0.1) is 0 Å². The van der Waals surface area contributed by atoms with Gasteiger partial charge in [-0.3, -0.25) is 4.79 Å². The van der Waals surface area contributed by atoms with Crippen LogP contribution in [0.15, 0.2) is 41.6 Å². The number of carbonyl (C=O) groups is 1. The van der Waals surface area contributed by atoms with Crippen molar-refractivity contribution in [2.24, 2.45) is 5.10 Å². The fraction of sp³-hybridized carbons (Fsp3) is 0.250. The minimum absolute atomic E-state index is 0.127. The molecule has 0 atom stereocenters. The van der Waals surface area contributed by atoms with Gasteiger partial charge in [0.1, 0.15) is 11.4 Å². The van der Waals surface area contributed by atoms with Gasteiger partial charge >= 0.3 is 0 Å². The summed E-state index contributed by atoms with van der Waals surface area (Å²) < 4.78 is 0. The summed E-state index contributed by atoms with van der Waals surface area (Å²) in [6, 6.07) is 8.77. The molecule has 0 spiro atoms. The quantitative estimate of drug-likeness (QED) is 0.566. The van der Waals surface area contributed by atoms with Gasteiger partial charge in [-0.1, -0.05) is 0 Å². The zero-order valence-electron chi connectivity index (χ0n) is 12.7. The van der Waals surface area contributed by atoms with E-state index in [1.165, 1.54) is 6.21 Å².